The van der Waals surface area contributed by atoms with Gasteiger partial charge in [0.1, 0.15) is 12.4 Å². The van der Waals surface area contributed by atoms with Crippen LogP contribution in [0, 0.1) is 13.8 Å². The number of rotatable bonds is 5. The van der Waals surface area contributed by atoms with Gasteiger partial charge in [-0.1, -0.05) is 12.1 Å². The number of hydrogen-bond donors (Lipinski definition) is 1. The Kier molecular flexibility index (Phi) is 4.61. The molecule has 0 spiro atoms. The number of nitrogens with zero attached hydrogens (tertiary/aromatic N) is 1. The molecular weight excluding hydrogens is 226 g/mol. The summed E-state index contributed by atoms with van der Waals surface area (Å²) in [6.45, 7) is 7.10. The summed E-state index contributed by atoms with van der Waals surface area (Å²) in [6, 6.07) is 6.62. The second kappa shape index (κ2) is 6.21. The molecule has 1 fully saturated rings. The quantitative estimate of drug-likeness (QED) is 0.868. The third-order valence-electron chi connectivity index (χ3n) is 3.69. The van der Waals surface area contributed by atoms with Crippen LogP contribution in [0.4, 0.5) is 0 Å². The van der Waals surface area contributed by atoms with Crippen LogP contribution in [0.1, 0.15) is 24.0 Å². The van der Waals surface area contributed by atoms with E-state index in [1.54, 1.807) is 0 Å². The highest BCUT2D eigenvalue weighted by atomic mass is 16.5. The monoisotopic (exact) mass is 249 g/mol. The van der Waals surface area contributed by atoms with E-state index >= 15 is 0 Å². The molecule has 0 bridgehead atoms. The van der Waals surface area contributed by atoms with Crippen LogP contribution in [-0.2, 0) is 0 Å². The van der Waals surface area contributed by atoms with E-state index in [4.69, 9.17) is 4.74 Å². The Bertz CT molecular complexity index is 392. The van der Waals surface area contributed by atoms with E-state index in [1.807, 2.05) is 0 Å². The molecule has 18 heavy (non-hydrogen) atoms. The van der Waals surface area contributed by atoms with Gasteiger partial charge in [0.05, 0.1) is 6.61 Å². The van der Waals surface area contributed by atoms with Crippen molar-refractivity contribution in [1.82, 2.24) is 4.90 Å². The fourth-order valence-corrected chi connectivity index (χ4v) is 2.53. The van der Waals surface area contributed by atoms with Crippen molar-refractivity contribution in [3.05, 3.63) is 29.3 Å². The highest BCUT2D eigenvalue weighted by Gasteiger charge is 2.23. The van der Waals surface area contributed by atoms with Gasteiger partial charge in [0.25, 0.3) is 0 Å². The molecule has 0 aromatic heterocycles. The number of benzene rings is 1. The van der Waals surface area contributed by atoms with E-state index in [1.165, 1.54) is 17.5 Å². The number of aryl methyl sites for hydroxylation is 2. The molecule has 1 unspecified atom stereocenters. The lowest BCUT2D eigenvalue weighted by Gasteiger charge is -2.22. The minimum absolute atomic E-state index is 0.267. The van der Waals surface area contributed by atoms with Gasteiger partial charge in [0, 0.05) is 12.6 Å². The average Bonchev–Trinajstić information content (AvgIpc) is 2.81. The first-order valence-corrected chi connectivity index (χ1v) is 6.75. The van der Waals surface area contributed by atoms with Crippen molar-refractivity contribution < 1.29 is 9.84 Å². The predicted octanol–water partition coefficient (Wildman–Crippen LogP) is 2.14. The largest absolute Gasteiger partial charge is 0.492 e. The zero-order valence-electron chi connectivity index (χ0n) is 11.4. The van der Waals surface area contributed by atoms with Crippen molar-refractivity contribution in [2.24, 2.45) is 0 Å². The van der Waals surface area contributed by atoms with Crippen molar-refractivity contribution in [2.45, 2.75) is 32.7 Å². The highest BCUT2D eigenvalue weighted by molar-refractivity contribution is 5.35. The van der Waals surface area contributed by atoms with Crippen LogP contribution in [-0.4, -0.2) is 42.4 Å². The van der Waals surface area contributed by atoms with E-state index in [0.29, 0.717) is 12.6 Å². The molecule has 100 valence electrons. The third kappa shape index (κ3) is 3.24. The maximum absolute atomic E-state index is 9.25. The lowest BCUT2D eigenvalue weighted by molar-refractivity contribution is 0.139. The van der Waals surface area contributed by atoms with Crippen LogP contribution in [0.3, 0.4) is 0 Å². The molecule has 2 rings (SSSR count). The van der Waals surface area contributed by atoms with E-state index < -0.39 is 0 Å². The van der Waals surface area contributed by atoms with Crippen molar-refractivity contribution in [1.29, 1.82) is 0 Å². The van der Waals surface area contributed by atoms with Gasteiger partial charge >= 0.3 is 0 Å². The van der Waals surface area contributed by atoms with Gasteiger partial charge in [-0.25, -0.2) is 0 Å². The molecule has 0 saturated carbocycles. The van der Waals surface area contributed by atoms with Gasteiger partial charge in [0.15, 0.2) is 0 Å². The van der Waals surface area contributed by atoms with Gasteiger partial charge in [-0.15, -0.1) is 0 Å². The first-order chi connectivity index (χ1) is 8.70. The molecule has 1 aliphatic rings. The Labute approximate surface area is 109 Å². The maximum atomic E-state index is 9.25. The molecule has 3 nitrogen and oxygen atoms in total. The van der Waals surface area contributed by atoms with Gasteiger partial charge < -0.3 is 9.84 Å². The normalized spacial score (nSPS) is 20.3. The lowest BCUT2D eigenvalue weighted by atomic mass is 10.1. The number of likely N-dealkylation sites (tertiary alicyclic amines) is 1. The zero-order chi connectivity index (χ0) is 13.0. The number of hydrogen-bond acceptors (Lipinski definition) is 3. The lowest BCUT2D eigenvalue weighted by Crippen LogP contribution is -2.35. The van der Waals surface area contributed by atoms with Crippen LogP contribution in [0.5, 0.6) is 5.75 Å². The first kappa shape index (κ1) is 13.4. The molecule has 1 saturated heterocycles. The van der Waals surface area contributed by atoms with E-state index in [-0.39, 0.29) is 6.61 Å². The van der Waals surface area contributed by atoms with Gasteiger partial charge in [-0.05, 0) is 50.4 Å². The highest BCUT2D eigenvalue weighted by Crippen LogP contribution is 2.20. The maximum Gasteiger partial charge on any atom is 0.122 e. The summed E-state index contributed by atoms with van der Waals surface area (Å²) < 4.78 is 5.85. The van der Waals surface area contributed by atoms with Crippen molar-refractivity contribution in [3.8, 4) is 5.75 Å². The molecular formula is C15H23NO2. The third-order valence-corrected chi connectivity index (χ3v) is 3.69. The van der Waals surface area contributed by atoms with Crippen LogP contribution < -0.4 is 4.74 Å². The van der Waals surface area contributed by atoms with Gasteiger partial charge in [-0.3, -0.25) is 4.90 Å². The van der Waals surface area contributed by atoms with Crippen LogP contribution in [0.25, 0.3) is 0 Å². The topological polar surface area (TPSA) is 32.7 Å². The van der Waals surface area contributed by atoms with Crippen LogP contribution >= 0.6 is 0 Å². The summed E-state index contributed by atoms with van der Waals surface area (Å²) in [5.74, 6) is 0.981. The fourth-order valence-electron chi connectivity index (χ4n) is 2.53. The van der Waals surface area contributed by atoms with E-state index in [0.717, 1.165) is 25.3 Å². The van der Waals surface area contributed by atoms with Crippen molar-refractivity contribution in [2.75, 3.05) is 26.3 Å². The van der Waals surface area contributed by atoms with Crippen molar-refractivity contribution in [3.63, 3.8) is 0 Å². The summed E-state index contributed by atoms with van der Waals surface area (Å²) >= 11 is 0. The smallest absolute Gasteiger partial charge is 0.122 e. The summed E-state index contributed by atoms with van der Waals surface area (Å²) in [5, 5.41) is 9.25. The van der Waals surface area contributed by atoms with Crippen LogP contribution in [0.15, 0.2) is 18.2 Å². The molecule has 1 heterocycles. The molecule has 0 amide bonds. The zero-order valence-corrected chi connectivity index (χ0v) is 11.4. The van der Waals surface area contributed by atoms with Crippen LogP contribution in [0.2, 0.25) is 0 Å². The summed E-state index contributed by atoms with van der Waals surface area (Å²) in [7, 11) is 0. The average molecular weight is 249 g/mol. The minimum Gasteiger partial charge on any atom is -0.492 e. The first-order valence-electron chi connectivity index (χ1n) is 6.75. The molecule has 0 aliphatic carbocycles. The second-order valence-electron chi connectivity index (χ2n) is 5.13. The Hall–Kier alpha value is -1.06. The summed E-state index contributed by atoms with van der Waals surface area (Å²) in [6.07, 6.45) is 2.30. The van der Waals surface area contributed by atoms with Gasteiger partial charge in [-0.2, -0.15) is 0 Å². The SMILES string of the molecule is Cc1ccc(C)c(OCCN2CCCC2CO)c1. The molecule has 0 radical (unpaired) electrons. The van der Waals surface area contributed by atoms with Gasteiger partial charge in [0.2, 0.25) is 0 Å². The Morgan fingerprint density at radius 2 is 2.22 bits per heavy atom. The van der Waals surface area contributed by atoms with E-state index in [9.17, 15) is 5.11 Å². The summed E-state index contributed by atoms with van der Waals surface area (Å²) in [5.41, 5.74) is 2.41. The molecule has 1 aliphatic heterocycles. The predicted molar refractivity (Wildman–Crippen MR) is 73.1 cm³/mol. The Morgan fingerprint density at radius 1 is 1.39 bits per heavy atom. The Morgan fingerprint density at radius 3 is 3.00 bits per heavy atom. The molecule has 3 heteroatoms. The molecule has 1 aromatic rings. The van der Waals surface area contributed by atoms with Crippen molar-refractivity contribution >= 4 is 0 Å². The van der Waals surface area contributed by atoms with E-state index in [2.05, 4.69) is 36.9 Å². The second-order valence-corrected chi connectivity index (χ2v) is 5.13. The number of aliphatic hydroxyl groups excluding tert-OH is 1. The molecule has 1 aromatic carbocycles. The minimum atomic E-state index is 0.267. The Balaban J connectivity index is 1.83. The fraction of sp³-hybridized carbons (Fsp3) is 0.600. The number of aliphatic hydroxyl groups is 1. The molecule has 1 N–H and O–H groups in total. The number of ether oxygens (including phenoxy) is 1. The standard InChI is InChI=1S/C15H23NO2/c1-12-5-6-13(2)15(10-12)18-9-8-16-7-3-4-14(16)11-17/h5-6,10,14,17H,3-4,7-9,11H2,1-2H3. The molecule has 1 atom stereocenters. The summed E-state index contributed by atoms with van der Waals surface area (Å²) in [4.78, 5) is 2.32.